The number of rotatable bonds is 12. The molecule has 1 amide bonds. The predicted octanol–water partition coefficient (Wildman–Crippen LogP) is 6.24. The van der Waals surface area contributed by atoms with E-state index in [4.69, 9.17) is 10.7 Å². The quantitative estimate of drug-likeness (QED) is 0.175. The van der Waals surface area contributed by atoms with Crippen LogP contribution in [0.15, 0.2) is 97.5 Å². The fourth-order valence-corrected chi connectivity index (χ4v) is 4.72. The lowest BCUT2D eigenvalue weighted by atomic mass is 9.96. The molecule has 0 unspecified atom stereocenters. The molecule has 38 heavy (non-hydrogen) atoms. The highest BCUT2D eigenvalue weighted by Gasteiger charge is 2.22. The zero-order valence-corrected chi connectivity index (χ0v) is 21.3. The van der Waals surface area contributed by atoms with Crippen molar-refractivity contribution < 1.29 is 4.79 Å². The standard InChI is InChI=1S/C31H32N6O/c32-30(38)28-18-11-17-27(23-20-34-35-21-23)29(28)31-36-25(22-37(31)26-15-8-4-9-16-26)14-5-1-2-10-19-33-24-12-6-3-7-13-24/h3-4,6-9,11-13,15-18,20-22,33H,1-2,5,10,14,19H2,(H2,32,38)(H,34,35). The van der Waals surface area contributed by atoms with Crippen molar-refractivity contribution in [1.29, 1.82) is 0 Å². The summed E-state index contributed by atoms with van der Waals surface area (Å²) in [7, 11) is 0. The van der Waals surface area contributed by atoms with Gasteiger partial charge < -0.3 is 11.1 Å². The summed E-state index contributed by atoms with van der Waals surface area (Å²) in [5.74, 6) is 0.211. The smallest absolute Gasteiger partial charge is 0.249 e. The van der Waals surface area contributed by atoms with E-state index in [0.29, 0.717) is 17.0 Å². The Hall–Kier alpha value is -4.65. The Labute approximate surface area is 222 Å². The van der Waals surface area contributed by atoms with Crippen LogP contribution in [0, 0.1) is 0 Å². The SMILES string of the molecule is NC(=O)c1cccc(-c2cn[nH]c2)c1-c1nc(CCCCCCNc2ccccc2)cn1-c1ccccc1. The zero-order chi connectivity index (χ0) is 26.2. The first-order chi connectivity index (χ1) is 18.7. The number of aromatic nitrogens is 4. The van der Waals surface area contributed by atoms with Crippen LogP contribution in [0.2, 0.25) is 0 Å². The van der Waals surface area contributed by atoms with E-state index < -0.39 is 5.91 Å². The molecule has 192 valence electrons. The Morgan fingerprint density at radius 2 is 1.66 bits per heavy atom. The van der Waals surface area contributed by atoms with Crippen molar-refractivity contribution in [3.8, 4) is 28.2 Å². The molecule has 0 saturated heterocycles. The zero-order valence-electron chi connectivity index (χ0n) is 21.3. The van der Waals surface area contributed by atoms with Gasteiger partial charge in [-0.25, -0.2) is 4.98 Å². The Kier molecular flexibility index (Phi) is 7.94. The van der Waals surface area contributed by atoms with Gasteiger partial charge >= 0.3 is 0 Å². The summed E-state index contributed by atoms with van der Waals surface area (Å²) in [6.07, 6.45) is 10.9. The number of unbranched alkanes of at least 4 members (excludes halogenated alkanes) is 3. The van der Waals surface area contributed by atoms with Crippen LogP contribution in [0.5, 0.6) is 0 Å². The molecular weight excluding hydrogens is 472 g/mol. The molecule has 0 aliphatic rings. The summed E-state index contributed by atoms with van der Waals surface area (Å²) in [4.78, 5) is 17.6. The molecule has 0 aliphatic carbocycles. The van der Waals surface area contributed by atoms with Gasteiger partial charge in [0, 0.05) is 41.4 Å². The van der Waals surface area contributed by atoms with Gasteiger partial charge in [0.2, 0.25) is 5.91 Å². The first kappa shape index (κ1) is 25.0. The third-order valence-corrected chi connectivity index (χ3v) is 6.62. The molecular formula is C31H32N6O. The summed E-state index contributed by atoms with van der Waals surface area (Å²) < 4.78 is 2.06. The van der Waals surface area contributed by atoms with Crippen LogP contribution in [-0.2, 0) is 6.42 Å². The third-order valence-electron chi connectivity index (χ3n) is 6.62. The van der Waals surface area contributed by atoms with E-state index in [0.717, 1.165) is 66.8 Å². The minimum Gasteiger partial charge on any atom is -0.385 e. The average molecular weight is 505 g/mol. The van der Waals surface area contributed by atoms with Crippen LogP contribution in [0.4, 0.5) is 5.69 Å². The lowest BCUT2D eigenvalue weighted by molar-refractivity contribution is 0.100. The number of imidazole rings is 1. The van der Waals surface area contributed by atoms with Crippen molar-refractivity contribution in [2.45, 2.75) is 32.1 Å². The van der Waals surface area contributed by atoms with Crippen LogP contribution in [0.25, 0.3) is 28.2 Å². The van der Waals surface area contributed by atoms with Crippen molar-refractivity contribution in [3.05, 3.63) is 109 Å². The van der Waals surface area contributed by atoms with E-state index in [1.807, 2.05) is 66.9 Å². The van der Waals surface area contributed by atoms with Gasteiger partial charge in [0.15, 0.2) is 0 Å². The maximum absolute atomic E-state index is 12.5. The van der Waals surface area contributed by atoms with Gasteiger partial charge in [-0.1, -0.05) is 61.4 Å². The number of anilines is 1. The van der Waals surface area contributed by atoms with Crippen molar-refractivity contribution >= 4 is 11.6 Å². The maximum Gasteiger partial charge on any atom is 0.249 e. The van der Waals surface area contributed by atoms with E-state index in [-0.39, 0.29) is 0 Å². The summed E-state index contributed by atoms with van der Waals surface area (Å²) in [6.45, 7) is 0.970. The Morgan fingerprint density at radius 1 is 0.895 bits per heavy atom. The van der Waals surface area contributed by atoms with E-state index >= 15 is 0 Å². The molecule has 0 aliphatic heterocycles. The monoisotopic (exact) mass is 504 g/mol. The molecule has 0 atom stereocenters. The Morgan fingerprint density at radius 3 is 2.39 bits per heavy atom. The van der Waals surface area contributed by atoms with Gasteiger partial charge in [-0.2, -0.15) is 5.10 Å². The lowest BCUT2D eigenvalue weighted by Gasteiger charge is -2.14. The maximum atomic E-state index is 12.5. The van der Waals surface area contributed by atoms with Crippen LogP contribution >= 0.6 is 0 Å². The van der Waals surface area contributed by atoms with E-state index in [1.165, 1.54) is 0 Å². The van der Waals surface area contributed by atoms with E-state index in [2.05, 4.69) is 38.4 Å². The molecule has 5 aromatic rings. The number of aromatic amines is 1. The number of primary amides is 1. The molecule has 5 rings (SSSR count). The largest absolute Gasteiger partial charge is 0.385 e. The molecule has 4 N–H and O–H groups in total. The van der Waals surface area contributed by atoms with Crippen LogP contribution in [0.1, 0.15) is 41.7 Å². The number of para-hydroxylation sites is 2. The Bertz CT molecular complexity index is 1460. The van der Waals surface area contributed by atoms with E-state index in [1.54, 1.807) is 12.3 Å². The molecule has 7 nitrogen and oxygen atoms in total. The molecule has 3 aromatic carbocycles. The van der Waals surface area contributed by atoms with Crippen LogP contribution in [0.3, 0.4) is 0 Å². The molecule has 0 saturated carbocycles. The number of aryl methyl sites for hydroxylation is 1. The summed E-state index contributed by atoms with van der Waals surface area (Å²) >= 11 is 0. The molecule has 0 bridgehead atoms. The summed E-state index contributed by atoms with van der Waals surface area (Å²) in [5.41, 5.74) is 11.8. The van der Waals surface area contributed by atoms with Crippen LogP contribution in [-0.4, -0.2) is 32.2 Å². The minimum atomic E-state index is -0.487. The lowest BCUT2D eigenvalue weighted by Crippen LogP contribution is -2.14. The average Bonchev–Trinajstić information content (AvgIpc) is 3.64. The van der Waals surface area contributed by atoms with Gasteiger partial charge in [-0.3, -0.25) is 14.5 Å². The van der Waals surface area contributed by atoms with Gasteiger partial charge in [-0.05, 0) is 55.2 Å². The molecule has 7 heteroatoms. The summed E-state index contributed by atoms with van der Waals surface area (Å²) in [5, 5.41) is 10.4. The summed E-state index contributed by atoms with van der Waals surface area (Å²) in [6, 6.07) is 25.9. The number of H-pyrrole nitrogens is 1. The van der Waals surface area contributed by atoms with Gasteiger partial charge in [-0.15, -0.1) is 0 Å². The van der Waals surface area contributed by atoms with Gasteiger partial charge in [0.1, 0.15) is 5.82 Å². The highest BCUT2D eigenvalue weighted by atomic mass is 16.1. The second-order valence-electron chi connectivity index (χ2n) is 9.30. The highest BCUT2D eigenvalue weighted by molar-refractivity contribution is 6.03. The first-order valence-electron chi connectivity index (χ1n) is 13.1. The van der Waals surface area contributed by atoms with Crippen molar-refractivity contribution in [1.82, 2.24) is 19.7 Å². The number of carbonyl (C=O) groups excluding carboxylic acids is 1. The highest BCUT2D eigenvalue weighted by Crippen LogP contribution is 2.35. The number of benzene rings is 3. The number of nitrogens with zero attached hydrogens (tertiary/aromatic N) is 3. The Balaban J connectivity index is 1.36. The molecule has 0 fully saturated rings. The molecule has 0 spiro atoms. The van der Waals surface area contributed by atoms with Gasteiger partial charge in [0.25, 0.3) is 0 Å². The van der Waals surface area contributed by atoms with Crippen molar-refractivity contribution in [2.75, 3.05) is 11.9 Å². The van der Waals surface area contributed by atoms with E-state index in [9.17, 15) is 4.79 Å². The van der Waals surface area contributed by atoms with Crippen molar-refractivity contribution in [3.63, 3.8) is 0 Å². The number of nitrogens with one attached hydrogen (secondary N) is 2. The topological polar surface area (TPSA) is 102 Å². The molecule has 0 radical (unpaired) electrons. The fraction of sp³-hybridized carbons (Fsp3) is 0.194. The van der Waals surface area contributed by atoms with Crippen LogP contribution < -0.4 is 11.1 Å². The number of carbonyl (C=O) groups is 1. The normalized spacial score (nSPS) is 10.9. The molecule has 2 aromatic heterocycles. The number of hydrogen-bond donors (Lipinski definition) is 3. The minimum absolute atomic E-state index is 0.434. The van der Waals surface area contributed by atoms with Crippen molar-refractivity contribution in [2.24, 2.45) is 5.73 Å². The molecule has 2 heterocycles. The second-order valence-corrected chi connectivity index (χ2v) is 9.30. The third kappa shape index (κ3) is 5.83. The predicted molar refractivity (Wildman–Crippen MR) is 152 cm³/mol. The van der Waals surface area contributed by atoms with Gasteiger partial charge in [0.05, 0.1) is 17.5 Å². The first-order valence-corrected chi connectivity index (χ1v) is 13.1. The number of amides is 1. The number of nitrogens with two attached hydrogens (primary N) is 1. The fourth-order valence-electron chi connectivity index (χ4n) is 4.72. The second kappa shape index (κ2) is 12.1. The number of hydrogen-bond acceptors (Lipinski definition) is 4.